The zero-order valence-electron chi connectivity index (χ0n) is 14.8. The molecule has 0 aromatic heterocycles. The Morgan fingerprint density at radius 3 is 2.59 bits per heavy atom. The summed E-state index contributed by atoms with van der Waals surface area (Å²) in [5.74, 6) is -0.728. The van der Waals surface area contributed by atoms with Crippen LogP contribution in [0.2, 0.25) is 5.02 Å². The summed E-state index contributed by atoms with van der Waals surface area (Å²) in [4.78, 5) is 2.16. The Morgan fingerprint density at radius 2 is 1.89 bits per heavy atom. The second-order valence-corrected chi connectivity index (χ2v) is 8.64. The van der Waals surface area contributed by atoms with Crippen molar-refractivity contribution in [2.24, 2.45) is 0 Å². The van der Waals surface area contributed by atoms with E-state index in [1.807, 2.05) is 18.2 Å². The molecule has 0 radical (unpaired) electrons. The van der Waals surface area contributed by atoms with Crippen LogP contribution in [-0.4, -0.2) is 46.2 Å². The van der Waals surface area contributed by atoms with E-state index < -0.39 is 15.8 Å². The first-order valence-corrected chi connectivity index (χ1v) is 10.8. The molecule has 2 aromatic rings. The molecule has 1 fully saturated rings. The third-order valence-electron chi connectivity index (χ3n) is 4.49. The first-order valence-electron chi connectivity index (χ1n) is 8.72. The van der Waals surface area contributed by atoms with Gasteiger partial charge in [-0.15, -0.1) is 0 Å². The van der Waals surface area contributed by atoms with Crippen molar-refractivity contribution in [1.82, 2.24) is 9.62 Å². The molecule has 0 aliphatic carbocycles. The van der Waals surface area contributed by atoms with Gasteiger partial charge < -0.3 is 4.74 Å². The lowest BCUT2D eigenvalue weighted by atomic mass is 10.0. The molecule has 1 N–H and O–H groups in total. The minimum atomic E-state index is -3.62. The first-order chi connectivity index (χ1) is 12.9. The van der Waals surface area contributed by atoms with E-state index in [0.717, 1.165) is 5.56 Å². The van der Waals surface area contributed by atoms with E-state index in [0.29, 0.717) is 36.9 Å². The predicted molar refractivity (Wildman–Crippen MR) is 104 cm³/mol. The van der Waals surface area contributed by atoms with E-state index in [1.54, 1.807) is 12.1 Å². The molecule has 3 rings (SSSR count). The smallest absolute Gasteiger partial charge is 0.215 e. The van der Waals surface area contributed by atoms with Crippen molar-refractivity contribution < 1.29 is 17.5 Å². The first kappa shape index (κ1) is 20.2. The van der Waals surface area contributed by atoms with Crippen molar-refractivity contribution in [3.8, 4) is 0 Å². The van der Waals surface area contributed by atoms with Crippen molar-refractivity contribution in [1.29, 1.82) is 0 Å². The minimum Gasteiger partial charge on any atom is -0.379 e. The number of hydrogen-bond acceptors (Lipinski definition) is 4. The van der Waals surface area contributed by atoms with Gasteiger partial charge in [-0.2, -0.15) is 0 Å². The van der Waals surface area contributed by atoms with Crippen LogP contribution in [0.5, 0.6) is 0 Å². The third-order valence-corrected chi connectivity index (χ3v) is 6.16. The van der Waals surface area contributed by atoms with Gasteiger partial charge in [-0.25, -0.2) is 17.5 Å². The Hall–Kier alpha value is -1.51. The van der Waals surface area contributed by atoms with Crippen LogP contribution in [0.4, 0.5) is 4.39 Å². The highest BCUT2D eigenvalue weighted by molar-refractivity contribution is 7.88. The van der Waals surface area contributed by atoms with E-state index in [2.05, 4.69) is 9.62 Å². The molecule has 2 aromatic carbocycles. The van der Waals surface area contributed by atoms with E-state index in [-0.39, 0.29) is 18.3 Å². The van der Waals surface area contributed by atoms with Gasteiger partial charge in [-0.3, -0.25) is 4.90 Å². The number of halogens is 2. The molecule has 8 heteroatoms. The molecule has 0 spiro atoms. The van der Waals surface area contributed by atoms with Crippen LogP contribution in [0, 0.1) is 5.82 Å². The topological polar surface area (TPSA) is 58.6 Å². The minimum absolute atomic E-state index is 0.182. The van der Waals surface area contributed by atoms with E-state index in [1.165, 1.54) is 18.2 Å². The second kappa shape index (κ2) is 9.12. The Labute approximate surface area is 164 Å². The van der Waals surface area contributed by atoms with Crippen LogP contribution < -0.4 is 4.72 Å². The number of nitrogens with zero attached hydrogens (tertiary/aromatic N) is 1. The van der Waals surface area contributed by atoms with Gasteiger partial charge in [0.15, 0.2) is 0 Å². The fourth-order valence-electron chi connectivity index (χ4n) is 3.17. The quantitative estimate of drug-likeness (QED) is 0.759. The van der Waals surface area contributed by atoms with Gasteiger partial charge >= 0.3 is 0 Å². The molecule has 1 aliphatic rings. The summed E-state index contributed by atoms with van der Waals surface area (Å²) < 4.78 is 46.4. The Bertz CT molecular complexity index is 873. The van der Waals surface area contributed by atoms with E-state index in [4.69, 9.17) is 16.3 Å². The molecule has 0 bridgehead atoms. The molecule has 1 aliphatic heterocycles. The molecule has 0 amide bonds. The number of benzene rings is 2. The van der Waals surface area contributed by atoms with Gasteiger partial charge in [0, 0.05) is 30.7 Å². The number of sulfonamides is 1. The van der Waals surface area contributed by atoms with E-state index >= 15 is 0 Å². The van der Waals surface area contributed by atoms with Crippen molar-refractivity contribution >= 4 is 21.6 Å². The Morgan fingerprint density at radius 1 is 1.15 bits per heavy atom. The normalized spacial score (nSPS) is 17.0. The SMILES string of the molecule is O=S(=O)(Cc1cccc(F)c1)NCC(c1ccccc1Cl)N1CCOCC1. The highest BCUT2D eigenvalue weighted by Gasteiger charge is 2.26. The van der Waals surface area contributed by atoms with Gasteiger partial charge in [-0.05, 0) is 29.3 Å². The average Bonchev–Trinajstić information content (AvgIpc) is 2.64. The summed E-state index contributed by atoms with van der Waals surface area (Å²) >= 11 is 6.36. The maximum absolute atomic E-state index is 13.3. The summed E-state index contributed by atoms with van der Waals surface area (Å²) in [5, 5.41) is 0.596. The molecule has 146 valence electrons. The summed E-state index contributed by atoms with van der Waals surface area (Å²) in [5.41, 5.74) is 1.28. The molecule has 5 nitrogen and oxygen atoms in total. The highest BCUT2D eigenvalue weighted by Crippen LogP contribution is 2.28. The van der Waals surface area contributed by atoms with Crippen LogP contribution >= 0.6 is 11.6 Å². The molecule has 1 unspecified atom stereocenters. The Kier molecular flexibility index (Phi) is 6.83. The lowest BCUT2D eigenvalue weighted by Gasteiger charge is -2.35. The third kappa shape index (κ3) is 5.73. The zero-order valence-corrected chi connectivity index (χ0v) is 16.3. The van der Waals surface area contributed by atoms with Crippen LogP contribution in [0.15, 0.2) is 48.5 Å². The maximum atomic E-state index is 13.3. The highest BCUT2D eigenvalue weighted by atomic mass is 35.5. The number of hydrogen-bond donors (Lipinski definition) is 1. The largest absolute Gasteiger partial charge is 0.379 e. The predicted octanol–water partition coefficient (Wildman–Crippen LogP) is 2.97. The van der Waals surface area contributed by atoms with Crippen LogP contribution in [0.1, 0.15) is 17.2 Å². The summed E-state index contributed by atoms with van der Waals surface area (Å²) in [6, 6.07) is 12.8. The van der Waals surface area contributed by atoms with Crippen LogP contribution in [0.3, 0.4) is 0 Å². The molecular formula is C19H22ClFN2O3S. The lowest BCUT2D eigenvalue weighted by Crippen LogP contribution is -2.44. The standard InChI is InChI=1S/C19H22ClFN2O3S/c20-18-7-2-1-6-17(18)19(23-8-10-26-11-9-23)13-22-27(24,25)14-15-4-3-5-16(21)12-15/h1-7,12,19,22H,8-11,13-14H2. The van der Waals surface area contributed by atoms with E-state index in [9.17, 15) is 12.8 Å². The molecule has 1 heterocycles. The molecule has 0 saturated carbocycles. The zero-order chi connectivity index (χ0) is 19.3. The molecule has 1 atom stereocenters. The summed E-state index contributed by atoms with van der Waals surface area (Å²) in [6.45, 7) is 2.76. The van der Waals surface area contributed by atoms with Gasteiger partial charge in [-0.1, -0.05) is 41.9 Å². The fraction of sp³-hybridized carbons (Fsp3) is 0.368. The maximum Gasteiger partial charge on any atom is 0.215 e. The van der Waals surface area contributed by atoms with Crippen LogP contribution in [-0.2, 0) is 20.5 Å². The Balaban J connectivity index is 1.74. The number of rotatable bonds is 7. The molecule has 1 saturated heterocycles. The second-order valence-electron chi connectivity index (χ2n) is 6.42. The van der Waals surface area contributed by atoms with Crippen molar-refractivity contribution in [3.05, 3.63) is 70.5 Å². The van der Waals surface area contributed by atoms with Crippen LogP contribution in [0.25, 0.3) is 0 Å². The van der Waals surface area contributed by atoms with Crippen molar-refractivity contribution in [3.63, 3.8) is 0 Å². The number of morpholine rings is 1. The fourth-order valence-corrected chi connectivity index (χ4v) is 4.57. The summed E-state index contributed by atoms with van der Waals surface area (Å²) in [7, 11) is -3.62. The van der Waals surface area contributed by atoms with Gasteiger partial charge in [0.05, 0.1) is 19.0 Å². The average molecular weight is 413 g/mol. The van der Waals surface area contributed by atoms with Gasteiger partial charge in [0.1, 0.15) is 5.82 Å². The van der Waals surface area contributed by atoms with Crippen molar-refractivity contribution in [2.45, 2.75) is 11.8 Å². The summed E-state index contributed by atoms with van der Waals surface area (Å²) in [6.07, 6.45) is 0. The van der Waals surface area contributed by atoms with Gasteiger partial charge in [0.25, 0.3) is 0 Å². The monoisotopic (exact) mass is 412 g/mol. The number of ether oxygens (including phenoxy) is 1. The molecule has 27 heavy (non-hydrogen) atoms. The van der Waals surface area contributed by atoms with Gasteiger partial charge in [0.2, 0.25) is 10.0 Å². The van der Waals surface area contributed by atoms with Crippen molar-refractivity contribution in [2.75, 3.05) is 32.8 Å². The molecular weight excluding hydrogens is 391 g/mol. The lowest BCUT2D eigenvalue weighted by molar-refractivity contribution is 0.0172. The number of nitrogens with one attached hydrogen (secondary N) is 1.